The summed E-state index contributed by atoms with van der Waals surface area (Å²) in [4.78, 5) is 0. The summed E-state index contributed by atoms with van der Waals surface area (Å²) in [7, 11) is -1.46. The molecule has 0 aromatic heterocycles. The van der Waals surface area contributed by atoms with Gasteiger partial charge in [-0.15, -0.1) is 0 Å². The minimum atomic E-state index is -1.46. The summed E-state index contributed by atoms with van der Waals surface area (Å²) in [6, 6.07) is 12.5. The second-order valence-electron chi connectivity index (χ2n) is 7.46. The third kappa shape index (κ3) is 3.58. The van der Waals surface area contributed by atoms with Crippen molar-refractivity contribution in [2.75, 3.05) is 0 Å². The first-order valence-electron chi connectivity index (χ1n) is 8.87. The van der Waals surface area contributed by atoms with Crippen molar-refractivity contribution < 1.29 is 10.0 Å². The second kappa shape index (κ2) is 7.54. The summed E-state index contributed by atoms with van der Waals surface area (Å²) in [6.07, 6.45) is 0. The van der Waals surface area contributed by atoms with Crippen molar-refractivity contribution in [1.82, 2.24) is 0 Å². The van der Waals surface area contributed by atoms with E-state index in [9.17, 15) is 10.0 Å². The van der Waals surface area contributed by atoms with E-state index in [4.69, 9.17) is 0 Å². The average molecular weight is 324 g/mol. The van der Waals surface area contributed by atoms with E-state index in [0.29, 0.717) is 11.4 Å². The lowest BCUT2D eigenvalue weighted by molar-refractivity contribution is 0.424. The van der Waals surface area contributed by atoms with E-state index in [1.165, 1.54) is 5.56 Å². The van der Waals surface area contributed by atoms with E-state index in [1.54, 1.807) is 0 Å². The molecule has 0 amide bonds. The Hall–Kier alpha value is -1.58. The molecule has 0 bridgehead atoms. The molecular weight excluding hydrogens is 295 g/mol. The zero-order valence-corrected chi connectivity index (χ0v) is 15.7. The molecule has 0 radical (unpaired) electrons. The Kier molecular flexibility index (Phi) is 5.90. The Labute approximate surface area is 146 Å². The molecule has 2 nitrogen and oxygen atoms in total. The molecule has 0 aliphatic rings. The van der Waals surface area contributed by atoms with Crippen molar-refractivity contribution in [3.63, 3.8) is 0 Å². The third-order valence-electron chi connectivity index (χ3n) is 4.61. The maximum atomic E-state index is 10.1. The summed E-state index contributed by atoms with van der Waals surface area (Å²) >= 11 is 0. The standard InChI is InChI=1S/C21H29BO2/c1-13(2)17-12-18(14(3)4)21(22(23)24)19(15(5)6)20(17)16-10-8-7-9-11-16/h7-15,23-24H,1-6H3. The Morgan fingerprint density at radius 3 is 1.71 bits per heavy atom. The fraction of sp³-hybridized carbons (Fsp3) is 0.429. The van der Waals surface area contributed by atoms with Crippen LogP contribution in [-0.2, 0) is 0 Å². The van der Waals surface area contributed by atoms with Crippen LogP contribution in [0.5, 0.6) is 0 Å². The van der Waals surface area contributed by atoms with Crippen molar-refractivity contribution in [3.05, 3.63) is 53.1 Å². The van der Waals surface area contributed by atoms with Gasteiger partial charge < -0.3 is 10.0 Å². The monoisotopic (exact) mass is 324 g/mol. The number of rotatable bonds is 5. The summed E-state index contributed by atoms with van der Waals surface area (Å²) in [5.41, 5.74) is 6.36. The normalized spacial score (nSPS) is 11.6. The van der Waals surface area contributed by atoms with Crippen LogP contribution in [0.15, 0.2) is 36.4 Å². The molecule has 0 saturated carbocycles. The van der Waals surface area contributed by atoms with Gasteiger partial charge in [0.1, 0.15) is 0 Å². The Morgan fingerprint density at radius 1 is 0.750 bits per heavy atom. The average Bonchev–Trinajstić information content (AvgIpc) is 2.53. The Bertz CT molecular complexity index is 689. The molecule has 3 heteroatoms. The topological polar surface area (TPSA) is 40.5 Å². The van der Waals surface area contributed by atoms with Crippen LogP contribution in [0.4, 0.5) is 0 Å². The lowest BCUT2D eigenvalue weighted by atomic mass is 9.66. The van der Waals surface area contributed by atoms with Crippen LogP contribution in [0.2, 0.25) is 0 Å². The molecular formula is C21H29BO2. The summed E-state index contributed by atoms with van der Waals surface area (Å²) in [6.45, 7) is 12.9. The van der Waals surface area contributed by atoms with Gasteiger partial charge in [-0.2, -0.15) is 0 Å². The summed E-state index contributed by atoms with van der Waals surface area (Å²) in [5.74, 6) is 0.801. The molecule has 0 atom stereocenters. The van der Waals surface area contributed by atoms with Gasteiger partial charge in [-0.1, -0.05) is 77.9 Å². The maximum Gasteiger partial charge on any atom is 0.489 e. The quantitative estimate of drug-likeness (QED) is 0.800. The second-order valence-corrected chi connectivity index (χ2v) is 7.46. The van der Waals surface area contributed by atoms with Gasteiger partial charge in [-0.05, 0) is 51.0 Å². The molecule has 2 rings (SSSR count). The predicted molar refractivity (Wildman–Crippen MR) is 104 cm³/mol. The van der Waals surface area contributed by atoms with Crippen LogP contribution in [0.1, 0.15) is 76.0 Å². The predicted octanol–water partition coefficient (Wildman–Crippen LogP) is 4.40. The molecule has 0 spiro atoms. The Morgan fingerprint density at radius 2 is 1.29 bits per heavy atom. The highest BCUT2D eigenvalue weighted by Gasteiger charge is 2.29. The Balaban J connectivity index is 2.97. The van der Waals surface area contributed by atoms with Crippen LogP contribution in [0, 0.1) is 0 Å². The van der Waals surface area contributed by atoms with E-state index in [-0.39, 0.29) is 11.8 Å². The van der Waals surface area contributed by atoms with Crippen molar-refractivity contribution >= 4 is 12.6 Å². The molecule has 0 heterocycles. The van der Waals surface area contributed by atoms with Crippen molar-refractivity contribution in [1.29, 1.82) is 0 Å². The van der Waals surface area contributed by atoms with Crippen molar-refractivity contribution in [3.8, 4) is 11.1 Å². The summed E-state index contributed by atoms with van der Waals surface area (Å²) < 4.78 is 0. The molecule has 2 N–H and O–H groups in total. The van der Waals surface area contributed by atoms with Crippen molar-refractivity contribution in [2.24, 2.45) is 0 Å². The van der Waals surface area contributed by atoms with Gasteiger partial charge in [0.15, 0.2) is 0 Å². The molecule has 128 valence electrons. The smallest absolute Gasteiger partial charge is 0.423 e. The lowest BCUT2D eigenvalue weighted by Gasteiger charge is -2.27. The summed E-state index contributed by atoms with van der Waals surface area (Å²) in [5, 5.41) is 20.3. The SMILES string of the molecule is CC(C)c1cc(C(C)C)c(-c2ccccc2)c(C(C)C)c1B(O)O. The molecule has 0 fully saturated rings. The number of benzene rings is 2. The van der Waals surface area contributed by atoms with Crippen LogP contribution < -0.4 is 5.46 Å². The molecule has 2 aromatic rings. The van der Waals surface area contributed by atoms with Gasteiger partial charge in [-0.25, -0.2) is 0 Å². The fourth-order valence-corrected chi connectivity index (χ4v) is 3.51. The van der Waals surface area contributed by atoms with Gasteiger partial charge in [0, 0.05) is 0 Å². The van der Waals surface area contributed by atoms with Gasteiger partial charge in [0.2, 0.25) is 0 Å². The number of hydrogen-bond donors (Lipinski definition) is 2. The minimum Gasteiger partial charge on any atom is -0.423 e. The first-order chi connectivity index (χ1) is 11.3. The minimum absolute atomic E-state index is 0.202. The van der Waals surface area contributed by atoms with E-state index < -0.39 is 7.12 Å². The van der Waals surface area contributed by atoms with Crippen LogP contribution in [0.3, 0.4) is 0 Å². The molecule has 2 aromatic carbocycles. The first-order valence-corrected chi connectivity index (χ1v) is 8.87. The van der Waals surface area contributed by atoms with Crippen LogP contribution in [-0.4, -0.2) is 17.2 Å². The highest BCUT2D eigenvalue weighted by Crippen LogP contribution is 2.37. The zero-order chi connectivity index (χ0) is 18.0. The van der Waals surface area contributed by atoms with Gasteiger partial charge in [0.05, 0.1) is 0 Å². The van der Waals surface area contributed by atoms with E-state index in [1.807, 2.05) is 18.2 Å². The van der Waals surface area contributed by atoms with Gasteiger partial charge in [-0.3, -0.25) is 0 Å². The lowest BCUT2D eigenvalue weighted by Crippen LogP contribution is -2.38. The van der Waals surface area contributed by atoms with Gasteiger partial charge in [0.25, 0.3) is 0 Å². The highest BCUT2D eigenvalue weighted by atomic mass is 16.4. The first kappa shape index (κ1) is 18.8. The number of hydrogen-bond acceptors (Lipinski definition) is 2. The molecule has 0 unspecified atom stereocenters. The molecule has 0 aliphatic heterocycles. The van der Waals surface area contributed by atoms with Crippen LogP contribution >= 0.6 is 0 Å². The van der Waals surface area contributed by atoms with E-state index >= 15 is 0 Å². The maximum absolute atomic E-state index is 10.1. The van der Waals surface area contributed by atoms with Gasteiger partial charge >= 0.3 is 7.12 Å². The van der Waals surface area contributed by atoms with E-state index in [0.717, 1.165) is 22.3 Å². The largest absolute Gasteiger partial charge is 0.489 e. The third-order valence-corrected chi connectivity index (χ3v) is 4.61. The molecule has 0 saturated heterocycles. The molecule has 24 heavy (non-hydrogen) atoms. The highest BCUT2D eigenvalue weighted by molar-refractivity contribution is 6.60. The zero-order valence-electron chi connectivity index (χ0n) is 15.7. The van der Waals surface area contributed by atoms with Crippen LogP contribution in [0.25, 0.3) is 11.1 Å². The van der Waals surface area contributed by atoms with E-state index in [2.05, 4.69) is 59.7 Å². The molecule has 0 aliphatic carbocycles. The van der Waals surface area contributed by atoms with Crippen molar-refractivity contribution in [2.45, 2.75) is 59.3 Å². The fourth-order valence-electron chi connectivity index (χ4n) is 3.51.